The highest BCUT2D eigenvalue weighted by molar-refractivity contribution is 5.95. The average Bonchev–Trinajstić information content (AvgIpc) is 3.46. The molecular formula is C25H29F2N7O2. The maximum absolute atomic E-state index is 13.5. The van der Waals surface area contributed by atoms with E-state index in [4.69, 9.17) is 4.74 Å². The Morgan fingerprint density at radius 2 is 2.06 bits per heavy atom. The summed E-state index contributed by atoms with van der Waals surface area (Å²) < 4.78 is 36.1. The van der Waals surface area contributed by atoms with Gasteiger partial charge in [0.15, 0.2) is 0 Å². The molecule has 11 heteroatoms. The van der Waals surface area contributed by atoms with Gasteiger partial charge in [-0.1, -0.05) is 6.07 Å². The number of nitrogens with zero attached hydrogens (tertiary/aromatic N) is 6. The Balaban J connectivity index is 1.16. The molecule has 9 nitrogen and oxygen atoms in total. The lowest BCUT2D eigenvalue weighted by molar-refractivity contribution is 0.0796. The van der Waals surface area contributed by atoms with E-state index in [1.807, 2.05) is 35.6 Å². The molecule has 3 aromatic heterocycles. The highest BCUT2D eigenvalue weighted by Gasteiger charge is 2.71. The van der Waals surface area contributed by atoms with Crippen molar-refractivity contribution in [1.29, 1.82) is 0 Å². The van der Waals surface area contributed by atoms with Gasteiger partial charge in [-0.05, 0) is 31.4 Å². The zero-order valence-corrected chi connectivity index (χ0v) is 20.5. The number of imidazole rings is 1. The molecule has 2 fully saturated rings. The average molecular weight is 498 g/mol. The number of fused-ring (bicyclic) bond motifs is 2. The van der Waals surface area contributed by atoms with Crippen molar-refractivity contribution in [2.45, 2.75) is 44.9 Å². The molecule has 1 N–H and O–H groups in total. The molecule has 3 aliphatic rings. The SMILES string of the molecule is COCc1nn(Cc2ccc(N3CC4C(C3)C4(F)F)nc2C)cc1C(=O)N[C@@H]1CCc2c1ncn2C. The van der Waals surface area contributed by atoms with Gasteiger partial charge in [0, 0.05) is 44.8 Å². The van der Waals surface area contributed by atoms with Crippen LogP contribution in [0.5, 0.6) is 0 Å². The number of piperidine rings is 1. The van der Waals surface area contributed by atoms with Crippen LogP contribution in [0.25, 0.3) is 0 Å². The molecule has 1 saturated heterocycles. The van der Waals surface area contributed by atoms with Crippen LogP contribution in [-0.2, 0) is 31.4 Å². The Bertz CT molecular complexity index is 1320. The number of amides is 1. The third-order valence-corrected chi connectivity index (χ3v) is 7.80. The first-order valence-electron chi connectivity index (χ1n) is 12.2. The molecule has 4 heterocycles. The van der Waals surface area contributed by atoms with E-state index in [2.05, 4.69) is 20.4 Å². The summed E-state index contributed by atoms with van der Waals surface area (Å²) in [5.41, 5.74) is 4.87. The second kappa shape index (κ2) is 8.36. The molecule has 0 spiro atoms. The monoisotopic (exact) mass is 497 g/mol. The number of carbonyl (C=O) groups is 1. The second-order valence-corrected chi connectivity index (χ2v) is 10.1. The quantitative estimate of drug-likeness (QED) is 0.540. The molecule has 3 atom stereocenters. The van der Waals surface area contributed by atoms with Crippen LogP contribution in [-0.4, -0.2) is 56.3 Å². The number of aryl methyl sites for hydroxylation is 2. The summed E-state index contributed by atoms with van der Waals surface area (Å²) in [5.74, 6) is -3.06. The van der Waals surface area contributed by atoms with Crippen molar-refractivity contribution < 1.29 is 18.3 Å². The van der Waals surface area contributed by atoms with E-state index in [-0.39, 0.29) is 18.6 Å². The van der Waals surface area contributed by atoms with E-state index >= 15 is 0 Å². The van der Waals surface area contributed by atoms with Crippen LogP contribution in [0.15, 0.2) is 24.7 Å². The fraction of sp³-hybridized carbons (Fsp3) is 0.520. The third-order valence-electron chi connectivity index (χ3n) is 7.80. The van der Waals surface area contributed by atoms with Crippen LogP contribution >= 0.6 is 0 Å². The number of hydrogen-bond donors (Lipinski definition) is 1. The molecule has 1 aliphatic heterocycles. The number of carbonyl (C=O) groups excluding carboxylic acids is 1. The zero-order chi connectivity index (χ0) is 25.2. The van der Waals surface area contributed by atoms with Crippen molar-refractivity contribution >= 4 is 11.7 Å². The smallest absolute Gasteiger partial charge is 0.258 e. The summed E-state index contributed by atoms with van der Waals surface area (Å²) in [7, 11) is 3.54. The van der Waals surface area contributed by atoms with E-state index in [9.17, 15) is 13.6 Å². The molecule has 0 bridgehead atoms. The number of alkyl halides is 2. The Hall–Kier alpha value is -3.34. The van der Waals surface area contributed by atoms with Gasteiger partial charge < -0.3 is 19.5 Å². The predicted molar refractivity (Wildman–Crippen MR) is 127 cm³/mol. The van der Waals surface area contributed by atoms with E-state index < -0.39 is 17.8 Å². The zero-order valence-electron chi connectivity index (χ0n) is 20.5. The van der Waals surface area contributed by atoms with Gasteiger partial charge in [0.25, 0.3) is 11.8 Å². The second-order valence-electron chi connectivity index (χ2n) is 10.1. The van der Waals surface area contributed by atoms with Gasteiger partial charge in [0.05, 0.1) is 48.6 Å². The minimum absolute atomic E-state index is 0.122. The summed E-state index contributed by atoms with van der Waals surface area (Å²) in [4.78, 5) is 24.3. The Morgan fingerprint density at radius 1 is 1.28 bits per heavy atom. The van der Waals surface area contributed by atoms with Crippen molar-refractivity contribution in [3.05, 3.63) is 58.6 Å². The molecule has 2 aliphatic carbocycles. The van der Waals surface area contributed by atoms with Crippen molar-refractivity contribution in [3.8, 4) is 0 Å². The number of pyridine rings is 1. The maximum Gasteiger partial charge on any atom is 0.258 e. The number of ether oxygens (including phenoxy) is 1. The van der Waals surface area contributed by atoms with Gasteiger partial charge in [0.1, 0.15) is 11.5 Å². The Morgan fingerprint density at radius 3 is 2.78 bits per heavy atom. The van der Waals surface area contributed by atoms with E-state index in [1.54, 1.807) is 24.3 Å². The highest BCUT2D eigenvalue weighted by atomic mass is 19.3. The van der Waals surface area contributed by atoms with Gasteiger partial charge in [-0.25, -0.2) is 18.7 Å². The van der Waals surface area contributed by atoms with Crippen molar-refractivity contribution in [3.63, 3.8) is 0 Å². The number of hydrogen-bond acceptors (Lipinski definition) is 6. The third kappa shape index (κ3) is 3.76. The van der Waals surface area contributed by atoms with Gasteiger partial charge in [-0.3, -0.25) is 9.48 Å². The van der Waals surface area contributed by atoms with Gasteiger partial charge in [0.2, 0.25) is 0 Å². The van der Waals surface area contributed by atoms with Crippen molar-refractivity contribution in [2.75, 3.05) is 25.1 Å². The topological polar surface area (TPSA) is 90.1 Å². The number of rotatable bonds is 7. The summed E-state index contributed by atoms with van der Waals surface area (Å²) in [6.45, 7) is 3.25. The summed E-state index contributed by atoms with van der Waals surface area (Å²) >= 11 is 0. The van der Waals surface area contributed by atoms with E-state index in [0.717, 1.165) is 41.3 Å². The number of anilines is 1. The number of methoxy groups -OCH3 is 1. The summed E-state index contributed by atoms with van der Waals surface area (Å²) in [6, 6.07) is 3.71. The van der Waals surface area contributed by atoms with Crippen LogP contribution in [0.2, 0.25) is 0 Å². The maximum atomic E-state index is 13.5. The Kier molecular flexibility index (Phi) is 5.36. The Labute approximate surface area is 207 Å². The number of halogens is 2. The highest BCUT2D eigenvalue weighted by Crippen LogP contribution is 2.59. The lowest BCUT2D eigenvalue weighted by atomic mass is 10.2. The molecule has 36 heavy (non-hydrogen) atoms. The van der Waals surface area contributed by atoms with Crippen LogP contribution in [0.4, 0.5) is 14.6 Å². The minimum atomic E-state index is -2.51. The summed E-state index contributed by atoms with van der Waals surface area (Å²) in [5, 5.41) is 7.71. The minimum Gasteiger partial charge on any atom is -0.378 e. The first-order valence-corrected chi connectivity index (χ1v) is 12.2. The molecule has 1 amide bonds. The molecule has 0 aromatic carbocycles. The molecule has 6 rings (SSSR count). The molecule has 3 aromatic rings. The molecule has 1 saturated carbocycles. The lowest BCUT2D eigenvalue weighted by Crippen LogP contribution is -2.28. The van der Waals surface area contributed by atoms with E-state index in [1.165, 1.54) is 0 Å². The lowest BCUT2D eigenvalue weighted by Gasteiger charge is -2.21. The summed E-state index contributed by atoms with van der Waals surface area (Å²) in [6.07, 6.45) is 5.21. The normalized spacial score (nSPS) is 23.6. The predicted octanol–water partition coefficient (Wildman–Crippen LogP) is 2.63. The first-order chi connectivity index (χ1) is 17.3. The van der Waals surface area contributed by atoms with Gasteiger partial charge in [-0.2, -0.15) is 5.10 Å². The molecular weight excluding hydrogens is 468 g/mol. The standard InChI is InChI=1S/C25H29F2N7O2/c1-14-15(4-7-22(29-14)33-10-17-18(11-33)25(17,26)27)8-34-9-16(20(31-34)12-36-3)24(35)30-19-5-6-21-23(19)28-13-32(21)2/h4,7,9,13,17-19H,5-6,8,10-12H2,1-3H3,(H,30,35)/t17?,18?,19-/m1/s1. The van der Waals surface area contributed by atoms with Crippen molar-refractivity contribution in [2.24, 2.45) is 18.9 Å². The molecule has 0 radical (unpaired) electrons. The van der Waals surface area contributed by atoms with Crippen LogP contribution < -0.4 is 10.2 Å². The van der Waals surface area contributed by atoms with Crippen LogP contribution in [0, 0.1) is 18.8 Å². The first kappa shape index (κ1) is 23.1. The van der Waals surface area contributed by atoms with Crippen molar-refractivity contribution in [1.82, 2.24) is 29.6 Å². The van der Waals surface area contributed by atoms with Gasteiger partial charge >= 0.3 is 0 Å². The van der Waals surface area contributed by atoms with Gasteiger partial charge in [-0.15, -0.1) is 0 Å². The fourth-order valence-corrected chi connectivity index (χ4v) is 5.63. The fourth-order valence-electron chi connectivity index (χ4n) is 5.63. The molecule has 2 unspecified atom stereocenters. The number of aromatic nitrogens is 5. The van der Waals surface area contributed by atoms with Crippen LogP contribution in [0.3, 0.4) is 0 Å². The number of nitrogens with one attached hydrogen (secondary N) is 1. The molecule has 190 valence electrons. The van der Waals surface area contributed by atoms with E-state index in [0.29, 0.717) is 30.9 Å². The largest absolute Gasteiger partial charge is 0.378 e. The van der Waals surface area contributed by atoms with Crippen LogP contribution in [0.1, 0.15) is 51.2 Å².